The molecule has 0 unspecified atom stereocenters. The lowest BCUT2D eigenvalue weighted by molar-refractivity contribution is -0.662. The summed E-state index contributed by atoms with van der Waals surface area (Å²) in [6, 6.07) is 4.62. The first-order valence-electron chi connectivity index (χ1n) is 10.5. The van der Waals surface area contributed by atoms with Crippen LogP contribution in [0.2, 0.25) is 5.15 Å². The Morgan fingerprint density at radius 1 is 1.44 bits per heavy atom. The predicted molar refractivity (Wildman–Crippen MR) is 132 cm³/mol. The van der Waals surface area contributed by atoms with Gasteiger partial charge in [-0.25, -0.2) is 14.3 Å². The Bertz CT molecular complexity index is 1470. The molecule has 3 aromatic rings. The van der Waals surface area contributed by atoms with Crippen LogP contribution in [-0.2, 0) is 25.8 Å². The standard InChI is InChI=1S/C21H18ClN7O5S2/c1-34-26-14(11-9-36-21(23)24-11)17(30)25-15-18(31)29-16(20(32)33)10(8-35-19(15)29)6-27-7-12(22)28-5-3-2-4-13(27)28/h2-5,7,9,15,19H,6,8H2,1H3,(H3-,23,24,25,30,32,33)/p+1/b26-14-/t15-,19-/m1/s1. The number of nitrogens with two attached hydrogens (primary N) is 1. The van der Waals surface area contributed by atoms with Crippen molar-refractivity contribution in [2.45, 2.75) is 18.0 Å². The molecule has 0 bridgehead atoms. The molecule has 2 atom stereocenters. The minimum Gasteiger partial charge on any atom is -0.477 e. The Morgan fingerprint density at radius 2 is 2.25 bits per heavy atom. The molecule has 0 radical (unpaired) electrons. The zero-order valence-electron chi connectivity index (χ0n) is 18.6. The van der Waals surface area contributed by atoms with Gasteiger partial charge in [-0.3, -0.25) is 14.5 Å². The van der Waals surface area contributed by atoms with Crippen molar-refractivity contribution in [1.82, 2.24) is 19.6 Å². The predicted octanol–water partition coefficient (Wildman–Crippen LogP) is 0.708. The van der Waals surface area contributed by atoms with Crippen molar-refractivity contribution < 1.29 is 28.9 Å². The van der Waals surface area contributed by atoms with Gasteiger partial charge in [-0.05, 0) is 17.7 Å². The van der Waals surface area contributed by atoms with Gasteiger partial charge < -0.3 is 21.0 Å². The third-order valence-corrected chi connectivity index (χ3v) is 7.98. The molecule has 0 aromatic carbocycles. The van der Waals surface area contributed by atoms with Gasteiger partial charge in [0, 0.05) is 22.8 Å². The summed E-state index contributed by atoms with van der Waals surface area (Å²) in [4.78, 5) is 48.2. The SMILES string of the molecule is CO/N=C(\C(=O)N[C@@H]1C(=O)N2C(C(=O)O)=C(C[n+]3cc(Cl)n4ccccc43)CS[C@H]12)c1csc(N)n1. The van der Waals surface area contributed by atoms with E-state index in [1.165, 1.54) is 23.8 Å². The number of β-lactam (4-membered cyclic amide) rings is 1. The number of hydrogen-bond donors (Lipinski definition) is 3. The van der Waals surface area contributed by atoms with E-state index in [9.17, 15) is 19.5 Å². The number of fused-ring (bicyclic) bond motifs is 2. The maximum Gasteiger partial charge on any atom is 0.352 e. The van der Waals surface area contributed by atoms with Crippen LogP contribution in [0.4, 0.5) is 5.13 Å². The molecule has 0 saturated carbocycles. The highest BCUT2D eigenvalue weighted by atomic mass is 35.5. The Balaban J connectivity index is 1.38. The van der Waals surface area contributed by atoms with Crippen LogP contribution in [0.25, 0.3) is 5.65 Å². The normalized spacial score (nSPS) is 19.8. The van der Waals surface area contributed by atoms with Crippen LogP contribution < -0.4 is 15.6 Å². The lowest BCUT2D eigenvalue weighted by Crippen LogP contribution is -2.71. The number of anilines is 1. The van der Waals surface area contributed by atoms with E-state index >= 15 is 0 Å². The molecule has 2 aliphatic heterocycles. The minimum atomic E-state index is -1.22. The van der Waals surface area contributed by atoms with Crippen molar-refractivity contribution in [2.75, 3.05) is 18.6 Å². The molecule has 5 heterocycles. The molecule has 3 aromatic heterocycles. The van der Waals surface area contributed by atoms with E-state index < -0.39 is 29.2 Å². The summed E-state index contributed by atoms with van der Waals surface area (Å²) in [5, 5.41) is 18.0. The van der Waals surface area contributed by atoms with Gasteiger partial charge in [0.1, 0.15) is 36.5 Å². The minimum absolute atomic E-state index is 0.0915. The van der Waals surface area contributed by atoms with Crippen molar-refractivity contribution in [1.29, 1.82) is 0 Å². The number of nitrogens with zero attached hydrogens (tertiary/aromatic N) is 5. The molecule has 2 aliphatic rings. The molecule has 1 saturated heterocycles. The number of nitrogen functional groups attached to an aromatic ring is 1. The second-order valence-electron chi connectivity index (χ2n) is 7.82. The largest absolute Gasteiger partial charge is 0.477 e. The molecule has 1 fully saturated rings. The summed E-state index contributed by atoms with van der Waals surface area (Å²) in [5.41, 5.74) is 6.96. The van der Waals surface area contributed by atoms with Gasteiger partial charge in [-0.2, -0.15) is 4.40 Å². The number of carboxylic acids is 1. The van der Waals surface area contributed by atoms with Crippen molar-refractivity contribution in [2.24, 2.45) is 5.16 Å². The number of carbonyl (C=O) groups is 3. The van der Waals surface area contributed by atoms with Gasteiger partial charge in [0.2, 0.25) is 5.15 Å². The van der Waals surface area contributed by atoms with Gasteiger partial charge in [0.15, 0.2) is 17.0 Å². The van der Waals surface area contributed by atoms with Gasteiger partial charge in [-0.1, -0.05) is 11.2 Å². The summed E-state index contributed by atoms with van der Waals surface area (Å²) in [5.74, 6) is -2.09. The summed E-state index contributed by atoms with van der Waals surface area (Å²) < 4.78 is 3.61. The zero-order valence-corrected chi connectivity index (χ0v) is 21.0. The third-order valence-electron chi connectivity index (χ3n) is 5.68. The number of thioether (sulfide) groups is 1. The number of pyridine rings is 1. The molecular weight excluding hydrogens is 530 g/mol. The number of thiazole rings is 1. The fourth-order valence-corrected chi connectivity index (χ4v) is 6.29. The topological polar surface area (TPSA) is 156 Å². The number of carboxylic acid groups (broad SMARTS) is 1. The number of amides is 2. The first kappa shape index (κ1) is 24.1. The molecule has 36 heavy (non-hydrogen) atoms. The molecule has 0 spiro atoms. The summed E-state index contributed by atoms with van der Waals surface area (Å²) >= 11 is 8.80. The number of imidazole rings is 1. The smallest absolute Gasteiger partial charge is 0.352 e. The fraction of sp³-hybridized carbons (Fsp3) is 0.238. The number of aromatic nitrogens is 3. The Kier molecular flexibility index (Phi) is 6.32. The van der Waals surface area contributed by atoms with E-state index in [0.29, 0.717) is 16.5 Å². The number of nitrogens with one attached hydrogen (secondary N) is 1. The quantitative estimate of drug-likeness (QED) is 0.169. The van der Waals surface area contributed by atoms with E-state index in [4.69, 9.17) is 22.2 Å². The van der Waals surface area contributed by atoms with Crippen molar-refractivity contribution in [3.63, 3.8) is 0 Å². The maximum absolute atomic E-state index is 13.0. The zero-order chi connectivity index (χ0) is 25.6. The summed E-state index contributed by atoms with van der Waals surface area (Å²) in [6.45, 7) is 0.234. The van der Waals surface area contributed by atoms with Crippen LogP contribution in [-0.4, -0.2) is 67.2 Å². The highest BCUT2D eigenvalue weighted by Crippen LogP contribution is 2.40. The van der Waals surface area contributed by atoms with Crippen LogP contribution in [0.5, 0.6) is 0 Å². The number of aliphatic carboxylic acids is 1. The number of carbonyl (C=O) groups excluding carboxylic acids is 2. The lowest BCUT2D eigenvalue weighted by atomic mass is 10.0. The number of halogens is 1. The first-order chi connectivity index (χ1) is 17.3. The maximum atomic E-state index is 13.0. The van der Waals surface area contributed by atoms with E-state index in [0.717, 1.165) is 17.0 Å². The number of oxime groups is 1. The Labute approximate surface area is 217 Å². The van der Waals surface area contributed by atoms with E-state index in [1.807, 2.05) is 22.8 Å². The average molecular weight is 549 g/mol. The second kappa shape index (κ2) is 9.44. The van der Waals surface area contributed by atoms with Crippen LogP contribution in [0.3, 0.4) is 0 Å². The van der Waals surface area contributed by atoms with Crippen molar-refractivity contribution in [3.05, 3.63) is 58.1 Å². The number of rotatable bonds is 7. The first-order valence-corrected chi connectivity index (χ1v) is 12.8. The van der Waals surface area contributed by atoms with Gasteiger partial charge in [0.05, 0.1) is 6.20 Å². The Morgan fingerprint density at radius 3 is 2.94 bits per heavy atom. The van der Waals surface area contributed by atoms with Gasteiger partial charge in [-0.15, -0.1) is 23.1 Å². The molecule has 12 nitrogen and oxygen atoms in total. The second-order valence-corrected chi connectivity index (χ2v) is 10.2. The van der Waals surface area contributed by atoms with Crippen LogP contribution >= 0.6 is 34.7 Å². The highest BCUT2D eigenvalue weighted by molar-refractivity contribution is 8.00. The molecule has 4 N–H and O–H groups in total. The molecule has 5 rings (SSSR count). The monoisotopic (exact) mass is 548 g/mol. The van der Waals surface area contributed by atoms with E-state index in [1.54, 1.807) is 22.2 Å². The highest BCUT2D eigenvalue weighted by Gasteiger charge is 2.54. The molecule has 0 aliphatic carbocycles. The van der Waals surface area contributed by atoms with Crippen LogP contribution in [0.1, 0.15) is 5.69 Å². The number of hydrogen-bond acceptors (Lipinski definition) is 9. The molecule has 15 heteroatoms. The van der Waals surface area contributed by atoms with Crippen molar-refractivity contribution in [3.8, 4) is 0 Å². The fourth-order valence-electron chi connectivity index (χ4n) is 4.14. The molecule has 186 valence electrons. The van der Waals surface area contributed by atoms with E-state index in [2.05, 4.69) is 15.5 Å². The van der Waals surface area contributed by atoms with Gasteiger partial charge in [0.25, 0.3) is 17.5 Å². The lowest BCUT2D eigenvalue weighted by Gasteiger charge is -2.49. The average Bonchev–Trinajstić information content (AvgIpc) is 3.43. The summed E-state index contributed by atoms with van der Waals surface area (Å²) in [6.07, 6.45) is 3.52. The Hall–Kier alpha value is -3.62. The molecule has 2 amide bonds. The summed E-state index contributed by atoms with van der Waals surface area (Å²) in [7, 11) is 1.28. The van der Waals surface area contributed by atoms with Crippen LogP contribution in [0, 0.1) is 0 Å². The molecular formula is C21H19ClN7O5S2+. The third kappa shape index (κ3) is 4.06. The van der Waals surface area contributed by atoms with Crippen LogP contribution in [0.15, 0.2) is 52.4 Å². The van der Waals surface area contributed by atoms with Crippen molar-refractivity contribution >= 4 is 69.0 Å². The van der Waals surface area contributed by atoms with Gasteiger partial charge >= 0.3 is 5.97 Å². The van der Waals surface area contributed by atoms with E-state index in [-0.39, 0.29) is 28.8 Å².